The Hall–Kier alpha value is -2.52. The number of halogens is 1. The molecule has 2 aromatic rings. The summed E-state index contributed by atoms with van der Waals surface area (Å²) in [5.41, 5.74) is 7.10. The standard InChI is InChI=1S/C16H18ClN3O5S/c1-16(2,3)25-15(21)20-19-14(18)12-8-9-13(24-12)26(22,23)11-6-4-10(17)5-7-11/h4-9H,1-3H3,(H2,18,19)(H,20,21). The number of benzene rings is 1. The molecule has 0 fully saturated rings. The average Bonchev–Trinajstić information content (AvgIpc) is 3.02. The molecule has 3 N–H and O–H groups in total. The van der Waals surface area contributed by atoms with Crippen molar-refractivity contribution in [1.29, 1.82) is 0 Å². The summed E-state index contributed by atoms with van der Waals surface area (Å²) in [5.74, 6) is -0.234. The van der Waals surface area contributed by atoms with Gasteiger partial charge in [0.25, 0.3) is 0 Å². The molecular weight excluding hydrogens is 382 g/mol. The summed E-state index contributed by atoms with van der Waals surface area (Å²) in [6.07, 6.45) is -0.805. The molecule has 1 heterocycles. The molecule has 0 saturated carbocycles. The quantitative estimate of drug-likeness (QED) is 0.462. The van der Waals surface area contributed by atoms with Crippen LogP contribution in [-0.4, -0.2) is 25.9 Å². The zero-order valence-electron chi connectivity index (χ0n) is 14.3. The highest BCUT2D eigenvalue weighted by molar-refractivity contribution is 7.91. The third-order valence-corrected chi connectivity index (χ3v) is 4.78. The van der Waals surface area contributed by atoms with E-state index in [2.05, 4.69) is 10.5 Å². The zero-order valence-corrected chi connectivity index (χ0v) is 15.9. The minimum atomic E-state index is -3.87. The van der Waals surface area contributed by atoms with Gasteiger partial charge in [0.1, 0.15) is 5.60 Å². The van der Waals surface area contributed by atoms with Crippen LogP contribution < -0.4 is 11.2 Å². The predicted octanol–water partition coefficient (Wildman–Crippen LogP) is 2.91. The minimum Gasteiger partial charge on any atom is -0.443 e. The van der Waals surface area contributed by atoms with Gasteiger partial charge in [-0.1, -0.05) is 11.6 Å². The van der Waals surface area contributed by atoms with Gasteiger partial charge in [0, 0.05) is 5.02 Å². The van der Waals surface area contributed by atoms with Crippen LogP contribution in [0.15, 0.2) is 55.9 Å². The Bertz CT molecular complexity index is 928. The van der Waals surface area contributed by atoms with E-state index in [-0.39, 0.29) is 21.6 Å². The lowest BCUT2D eigenvalue weighted by atomic mass is 10.2. The average molecular weight is 400 g/mol. The number of furan rings is 1. The molecule has 0 aliphatic rings. The first-order chi connectivity index (χ1) is 12.0. The summed E-state index contributed by atoms with van der Waals surface area (Å²) in [5, 5.41) is 3.72. The summed E-state index contributed by atoms with van der Waals surface area (Å²) in [6.45, 7) is 5.08. The lowest BCUT2D eigenvalue weighted by Gasteiger charge is -2.18. The number of ether oxygens (including phenoxy) is 1. The highest BCUT2D eigenvalue weighted by Crippen LogP contribution is 2.24. The third-order valence-electron chi connectivity index (χ3n) is 2.89. The lowest BCUT2D eigenvalue weighted by molar-refractivity contribution is 0.0529. The van der Waals surface area contributed by atoms with Crippen molar-refractivity contribution in [3.63, 3.8) is 0 Å². The Morgan fingerprint density at radius 1 is 1.19 bits per heavy atom. The Labute approximate surface area is 155 Å². The van der Waals surface area contributed by atoms with Gasteiger partial charge in [-0.3, -0.25) is 0 Å². The molecule has 1 aromatic carbocycles. The number of carbonyl (C=O) groups is 1. The molecule has 0 aliphatic heterocycles. The van der Waals surface area contributed by atoms with Crippen LogP contribution in [0.25, 0.3) is 0 Å². The highest BCUT2D eigenvalue weighted by atomic mass is 35.5. The van der Waals surface area contributed by atoms with E-state index in [1.54, 1.807) is 20.8 Å². The number of nitrogens with one attached hydrogen (secondary N) is 1. The Kier molecular flexibility index (Phi) is 5.62. The summed E-state index contributed by atoms with van der Waals surface area (Å²) < 4.78 is 35.3. The molecule has 0 spiro atoms. The maximum absolute atomic E-state index is 12.5. The maximum Gasteiger partial charge on any atom is 0.428 e. The summed E-state index contributed by atoms with van der Waals surface area (Å²) >= 11 is 5.76. The number of nitrogens with two attached hydrogens (primary N) is 1. The number of amides is 1. The molecule has 0 saturated heterocycles. The Balaban J connectivity index is 2.17. The number of hydrazone groups is 1. The molecule has 8 nitrogen and oxygen atoms in total. The number of nitrogens with zero attached hydrogens (tertiary/aromatic N) is 1. The van der Waals surface area contributed by atoms with Crippen LogP contribution >= 0.6 is 11.6 Å². The van der Waals surface area contributed by atoms with Crippen LogP contribution in [-0.2, 0) is 14.6 Å². The molecule has 10 heteroatoms. The van der Waals surface area contributed by atoms with Crippen LogP contribution in [0.4, 0.5) is 4.79 Å². The van der Waals surface area contributed by atoms with E-state index in [4.69, 9.17) is 26.5 Å². The van der Waals surface area contributed by atoms with Crippen molar-refractivity contribution in [3.05, 3.63) is 47.2 Å². The topological polar surface area (TPSA) is 124 Å². The molecule has 0 radical (unpaired) electrons. The molecule has 1 amide bonds. The normalized spacial score (nSPS) is 12.7. The number of hydrogen-bond acceptors (Lipinski definition) is 6. The molecule has 0 aliphatic carbocycles. The molecule has 140 valence electrons. The van der Waals surface area contributed by atoms with Gasteiger partial charge >= 0.3 is 6.09 Å². The second kappa shape index (κ2) is 7.38. The monoisotopic (exact) mass is 399 g/mol. The molecule has 1 aromatic heterocycles. The van der Waals surface area contributed by atoms with Gasteiger partial charge in [-0.2, -0.15) is 0 Å². The van der Waals surface area contributed by atoms with Crippen LogP contribution in [0.1, 0.15) is 26.5 Å². The van der Waals surface area contributed by atoms with Gasteiger partial charge in [-0.05, 0) is 57.2 Å². The van der Waals surface area contributed by atoms with Crippen molar-refractivity contribution in [2.75, 3.05) is 0 Å². The lowest BCUT2D eigenvalue weighted by Crippen LogP contribution is -2.31. The van der Waals surface area contributed by atoms with Crippen LogP contribution in [0.3, 0.4) is 0 Å². The van der Waals surface area contributed by atoms with Gasteiger partial charge in [0.05, 0.1) is 4.90 Å². The van der Waals surface area contributed by atoms with Crippen molar-refractivity contribution in [2.45, 2.75) is 36.4 Å². The largest absolute Gasteiger partial charge is 0.443 e. The Morgan fingerprint density at radius 2 is 1.81 bits per heavy atom. The maximum atomic E-state index is 12.5. The van der Waals surface area contributed by atoms with E-state index >= 15 is 0 Å². The molecule has 0 unspecified atom stereocenters. The summed E-state index contributed by atoms with van der Waals surface area (Å²) in [7, 11) is -3.87. The van der Waals surface area contributed by atoms with E-state index in [0.29, 0.717) is 5.02 Å². The highest BCUT2D eigenvalue weighted by Gasteiger charge is 2.23. The van der Waals surface area contributed by atoms with Crippen molar-refractivity contribution >= 4 is 33.4 Å². The first-order valence-corrected chi connectivity index (χ1v) is 9.28. The second-order valence-electron chi connectivity index (χ2n) is 6.19. The fourth-order valence-corrected chi connectivity index (χ4v) is 3.09. The fourth-order valence-electron chi connectivity index (χ4n) is 1.79. The van der Waals surface area contributed by atoms with Crippen LogP contribution in [0.5, 0.6) is 0 Å². The number of amidine groups is 1. The van der Waals surface area contributed by atoms with Crippen LogP contribution in [0, 0.1) is 0 Å². The van der Waals surface area contributed by atoms with Gasteiger partial charge in [-0.25, -0.2) is 18.6 Å². The van der Waals surface area contributed by atoms with E-state index in [1.165, 1.54) is 36.4 Å². The van der Waals surface area contributed by atoms with E-state index in [1.807, 2.05) is 0 Å². The first kappa shape index (κ1) is 19.8. The number of carbonyl (C=O) groups excluding carboxylic acids is 1. The first-order valence-electron chi connectivity index (χ1n) is 7.42. The van der Waals surface area contributed by atoms with Gasteiger partial charge in [0.15, 0.2) is 11.6 Å². The second-order valence-corrected chi connectivity index (χ2v) is 8.50. The third kappa shape index (κ3) is 4.99. The smallest absolute Gasteiger partial charge is 0.428 e. The van der Waals surface area contributed by atoms with Gasteiger partial charge in [0.2, 0.25) is 14.9 Å². The van der Waals surface area contributed by atoms with E-state index in [0.717, 1.165) is 0 Å². The fraction of sp³-hybridized carbons (Fsp3) is 0.250. The molecular formula is C16H18ClN3O5S. The van der Waals surface area contributed by atoms with Gasteiger partial charge in [-0.15, -0.1) is 5.10 Å². The van der Waals surface area contributed by atoms with Crippen molar-refractivity contribution in [1.82, 2.24) is 5.43 Å². The van der Waals surface area contributed by atoms with Crippen molar-refractivity contribution in [3.8, 4) is 0 Å². The summed E-state index contributed by atoms with van der Waals surface area (Å²) in [4.78, 5) is 11.6. The SMILES string of the molecule is CC(C)(C)OC(=O)N/N=C(\N)c1ccc(S(=O)(=O)c2ccc(Cl)cc2)o1. The van der Waals surface area contributed by atoms with Gasteiger partial charge < -0.3 is 14.9 Å². The van der Waals surface area contributed by atoms with Crippen molar-refractivity contribution < 1.29 is 22.4 Å². The van der Waals surface area contributed by atoms with Crippen LogP contribution in [0.2, 0.25) is 5.02 Å². The summed E-state index contributed by atoms with van der Waals surface area (Å²) in [6, 6.07) is 8.22. The molecule has 26 heavy (non-hydrogen) atoms. The van der Waals surface area contributed by atoms with E-state index < -0.39 is 21.5 Å². The molecule has 2 rings (SSSR count). The number of rotatable bonds is 4. The number of sulfone groups is 1. The number of hydrogen-bond donors (Lipinski definition) is 2. The predicted molar refractivity (Wildman–Crippen MR) is 95.7 cm³/mol. The Morgan fingerprint density at radius 3 is 2.38 bits per heavy atom. The van der Waals surface area contributed by atoms with Crippen molar-refractivity contribution in [2.24, 2.45) is 10.8 Å². The molecule has 0 bridgehead atoms. The van der Waals surface area contributed by atoms with E-state index in [9.17, 15) is 13.2 Å². The molecule has 0 atom stereocenters. The zero-order chi connectivity index (χ0) is 19.5. The minimum absolute atomic E-state index is 0.0187.